The Morgan fingerprint density at radius 2 is 1.61 bits per heavy atom. The average molecular weight is 270 g/mol. The second-order valence-corrected chi connectivity index (χ2v) is 7.12. The summed E-state index contributed by atoms with van der Waals surface area (Å²) in [4.78, 5) is 0.296. The largest absolute Gasteiger partial charge is 0.313 e. The molecule has 0 heterocycles. The van der Waals surface area contributed by atoms with Gasteiger partial charge in [0.1, 0.15) is 0 Å². The summed E-state index contributed by atoms with van der Waals surface area (Å²) in [5.74, 6) is 0. The fourth-order valence-electron chi connectivity index (χ4n) is 1.56. The Hall–Kier alpha value is -0.910. The number of benzene rings is 1. The summed E-state index contributed by atoms with van der Waals surface area (Å²) in [6, 6.07) is 7.14. The first-order valence-corrected chi connectivity index (χ1v) is 7.45. The lowest BCUT2D eigenvalue weighted by atomic mass is 10.1. The van der Waals surface area contributed by atoms with E-state index >= 15 is 0 Å². The third kappa shape index (κ3) is 4.08. The molecule has 18 heavy (non-hydrogen) atoms. The fraction of sp³-hybridized carbons (Fsp3) is 0.538. The Bertz CT molecular complexity index is 487. The molecule has 0 spiro atoms. The van der Waals surface area contributed by atoms with Crippen LogP contribution in [0.2, 0.25) is 0 Å². The maximum absolute atomic E-state index is 12.1. The third-order valence-electron chi connectivity index (χ3n) is 2.56. The molecule has 0 amide bonds. The van der Waals surface area contributed by atoms with Gasteiger partial charge in [0.05, 0.1) is 4.90 Å². The first-order chi connectivity index (χ1) is 8.15. The molecule has 0 aliphatic rings. The van der Waals surface area contributed by atoms with Crippen LogP contribution in [0.15, 0.2) is 29.2 Å². The van der Waals surface area contributed by atoms with Gasteiger partial charge in [-0.05, 0) is 52.4 Å². The van der Waals surface area contributed by atoms with Crippen LogP contribution in [0.25, 0.3) is 0 Å². The van der Waals surface area contributed by atoms with E-state index in [0.29, 0.717) is 4.90 Å². The number of rotatable bonds is 4. The molecule has 5 heteroatoms. The van der Waals surface area contributed by atoms with Crippen molar-refractivity contribution in [3.05, 3.63) is 29.8 Å². The molecule has 0 saturated carbocycles. The summed E-state index contributed by atoms with van der Waals surface area (Å²) in [5.41, 5.74) is 0.586. The van der Waals surface area contributed by atoms with Gasteiger partial charge in [-0.1, -0.05) is 12.1 Å². The predicted octanol–water partition coefficient (Wildman–Crippen LogP) is 2.04. The van der Waals surface area contributed by atoms with Crippen molar-refractivity contribution < 1.29 is 8.42 Å². The molecule has 1 rings (SSSR count). The van der Waals surface area contributed by atoms with Crippen LogP contribution < -0.4 is 10.0 Å². The maximum atomic E-state index is 12.1. The van der Waals surface area contributed by atoms with Gasteiger partial charge in [0.25, 0.3) is 0 Å². The van der Waals surface area contributed by atoms with Gasteiger partial charge < -0.3 is 5.32 Å². The molecule has 0 saturated heterocycles. The Balaban J connectivity index is 2.98. The predicted molar refractivity (Wildman–Crippen MR) is 74.0 cm³/mol. The molecule has 102 valence electrons. The minimum Gasteiger partial charge on any atom is -0.313 e. The van der Waals surface area contributed by atoms with Crippen molar-refractivity contribution in [1.29, 1.82) is 0 Å². The van der Waals surface area contributed by atoms with Crippen LogP contribution in [-0.4, -0.2) is 21.0 Å². The first-order valence-electron chi connectivity index (χ1n) is 5.97. The number of nitrogens with one attached hydrogen (secondary N) is 2. The van der Waals surface area contributed by atoms with Crippen molar-refractivity contribution >= 4 is 10.0 Å². The number of hydrogen-bond donors (Lipinski definition) is 2. The molecular formula is C13H22N2O2S. The van der Waals surface area contributed by atoms with Gasteiger partial charge in [-0.15, -0.1) is 0 Å². The molecule has 2 N–H and O–H groups in total. The quantitative estimate of drug-likeness (QED) is 0.880. The van der Waals surface area contributed by atoms with Crippen LogP contribution >= 0.6 is 0 Å². The Morgan fingerprint density at radius 3 is 2.00 bits per heavy atom. The smallest absolute Gasteiger partial charge is 0.241 e. The zero-order valence-electron chi connectivity index (χ0n) is 11.6. The molecule has 0 aliphatic carbocycles. The molecule has 1 aromatic rings. The standard InChI is InChI=1S/C13H22N2O2S/c1-10(14-5)11-6-8-12(9-7-11)18(16,17)15-13(2,3)4/h6-10,14-15H,1-5H3. The minimum absolute atomic E-state index is 0.206. The molecule has 0 fully saturated rings. The molecule has 0 aromatic heterocycles. The van der Waals surface area contributed by atoms with E-state index in [1.54, 1.807) is 12.1 Å². The summed E-state index contributed by atoms with van der Waals surface area (Å²) in [7, 11) is -1.57. The van der Waals surface area contributed by atoms with E-state index in [4.69, 9.17) is 0 Å². The highest BCUT2D eigenvalue weighted by Crippen LogP contribution is 2.17. The summed E-state index contributed by atoms with van der Waals surface area (Å²) in [6.07, 6.45) is 0. The highest BCUT2D eigenvalue weighted by molar-refractivity contribution is 7.89. The van der Waals surface area contributed by atoms with Crippen molar-refractivity contribution in [1.82, 2.24) is 10.0 Å². The van der Waals surface area contributed by atoms with Gasteiger partial charge in [0.2, 0.25) is 10.0 Å². The summed E-state index contributed by atoms with van der Waals surface area (Å²) in [6.45, 7) is 7.49. The zero-order valence-corrected chi connectivity index (χ0v) is 12.4. The highest BCUT2D eigenvalue weighted by atomic mass is 32.2. The molecule has 1 unspecified atom stereocenters. The first kappa shape index (κ1) is 15.1. The molecule has 0 radical (unpaired) electrons. The van der Waals surface area contributed by atoms with Crippen LogP contribution in [0, 0.1) is 0 Å². The molecule has 1 atom stereocenters. The van der Waals surface area contributed by atoms with Crippen molar-refractivity contribution in [2.45, 2.75) is 44.2 Å². The SMILES string of the molecule is CNC(C)c1ccc(S(=O)(=O)NC(C)(C)C)cc1. The van der Waals surface area contributed by atoms with E-state index < -0.39 is 15.6 Å². The Morgan fingerprint density at radius 1 is 1.11 bits per heavy atom. The van der Waals surface area contributed by atoms with Gasteiger partial charge in [-0.2, -0.15) is 0 Å². The lowest BCUT2D eigenvalue weighted by molar-refractivity contribution is 0.491. The van der Waals surface area contributed by atoms with E-state index in [0.717, 1.165) is 5.56 Å². The second-order valence-electron chi connectivity index (χ2n) is 5.43. The lowest BCUT2D eigenvalue weighted by Gasteiger charge is -2.20. The maximum Gasteiger partial charge on any atom is 0.241 e. The highest BCUT2D eigenvalue weighted by Gasteiger charge is 2.21. The number of hydrogen-bond acceptors (Lipinski definition) is 3. The summed E-state index contributed by atoms with van der Waals surface area (Å²) >= 11 is 0. The third-order valence-corrected chi connectivity index (χ3v) is 4.34. The van der Waals surface area contributed by atoms with Gasteiger partial charge in [-0.25, -0.2) is 13.1 Å². The van der Waals surface area contributed by atoms with Crippen molar-refractivity contribution in [3.63, 3.8) is 0 Å². The Labute approximate surface area is 110 Å². The van der Waals surface area contributed by atoms with E-state index in [2.05, 4.69) is 10.0 Å². The van der Waals surface area contributed by atoms with E-state index in [-0.39, 0.29) is 6.04 Å². The van der Waals surface area contributed by atoms with Crippen molar-refractivity contribution in [2.24, 2.45) is 0 Å². The fourth-order valence-corrected chi connectivity index (χ4v) is 2.98. The van der Waals surface area contributed by atoms with Gasteiger partial charge in [0, 0.05) is 11.6 Å². The average Bonchev–Trinajstić information content (AvgIpc) is 2.25. The molecular weight excluding hydrogens is 248 g/mol. The van der Waals surface area contributed by atoms with E-state index in [1.165, 1.54) is 0 Å². The molecule has 1 aromatic carbocycles. The van der Waals surface area contributed by atoms with Crippen molar-refractivity contribution in [2.75, 3.05) is 7.05 Å². The minimum atomic E-state index is -3.44. The van der Waals surface area contributed by atoms with E-state index in [9.17, 15) is 8.42 Å². The summed E-state index contributed by atoms with van der Waals surface area (Å²) in [5, 5.41) is 3.11. The molecule has 0 bridgehead atoms. The molecule has 0 aliphatic heterocycles. The normalized spacial score (nSPS) is 14.5. The summed E-state index contributed by atoms with van der Waals surface area (Å²) < 4.78 is 26.8. The van der Waals surface area contributed by atoms with Crippen LogP contribution in [0.4, 0.5) is 0 Å². The molecule has 4 nitrogen and oxygen atoms in total. The monoisotopic (exact) mass is 270 g/mol. The number of sulfonamides is 1. The van der Waals surface area contributed by atoms with Crippen LogP contribution in [-0.2, 0) is 10.0 Å². The van der Waals surface area contributed by atoms with Crippen LogP contribution in [0.1, 0.15) is 39.3 Å². The second kappa shape index (κ2) is 5.38. The Kier molecular flexibility index (Phi) is 4.53. The topological polar surface area (TPSA) is 58.2 Å². The van der Waals surface area contributed by atoms with Crippen LogP contribution in [0.3, 0.4) is 0 Å². The van der Waals surface area contributed by atoms with Crippen molar-refractivity contribution in [3.8, 4) is 0 Å². The zero-order chi connectivity index (χ0) is 14.0. The van der Waals surface area contributed by atoms with Gasteiger partial charge in [-0.3, -0.25) is 0 Å². The van der Waals surface area contributed by atoms with Gasteiger partial charge >= 0.3 is 0 Å². The van der Waals surface area contributed by atoms with E-state index in [1.807, 2.05) is 46.9 Å². The van der Waals surface area contributed by atoms with Crippen LogP contribution in [0.5, 0.6) is 0 Å². The van der Waals surface area contributed by atoms with Gasteiger partial charge in [0.15, 0.2) is 0 Å². The lowest BCUT2D eigenvalue weighted by Crippen LogP contribution is -2.40.